The van der Waals surface area contributed by atoms with Crippen molar-refractivity contribution in [3.63, 3.8) is 0 Å². The van der Waals surface area contributed by atoms with Crippen molar-refractivity contribution in [1.29, 1.82) is 0 Å². The Morgan fingerprint density at radius 1 is 0.349 bits per heavy atom. The molecule has 0 aromatic rings. The van der Waals surface area contributed by atoms with E-state index in [1.54, 1.807) is 0 Å². The van der Waals surface area contributed by atoms with Crippen molar-refractivity contribution in [2.45, 2.75) is 271 Å². The zero-order valence-electron chi connectivity index (χ0n) is 41.6. The molecule has 0 amide bonds. The maximum atomic E-state index is 12.8. The molecule has 1 unspecified atom stereocenters. The Hall–Kier alpha value is -2.89. The normalized spacial score (nSPS) is 12.5. The maximum Gasteiger partial charge on any atom is 0.306 e. The van der Waals surface area contributed by atoms with Gasteiger partial charge in [0.15, 0.2) is 6.10 Å². The summed E-state index contributed by atoms with van der Waals surface area (Å²) in [6.07, 6.45) is 63.5. The third-order valence-electron chi connectivity index (χ3n) is 11.5. The lowest BCUT2D eigenvalue weighted by atomic mass is 10.0. The van der Waals surface area contributed by atoms with Gasteiger partial charge in [-0.2, -0.15) is 0 Å². The fourth-order valence-electron chi connectivity index (χ4n) is 7.51. The smallest absolute Gasteiger partial charge is 0.306 e. The predicted octanol–water partition coefficient (Wildman–Crippen LogP) is 17.6. The Balaban J connectivity index is 4.36. The van der Waals surface area contributed by atoms with Gasteiger partial charge in [0, 0.05) is 19.3 Å². The molecule has 6 heteroatoms. The summed E-state index contributed by atoms with van der Waals surface area (Å²) in [5.74, 6) is -0.902. The Morgan fingerprint density at radius 3 is 1.10 bits per heavy atom. The molecule has 364 valence electrons. The monoisotopic (exact) mass is 881 g/mol. The summed E-state index contributed by atoms with van der Waals surface area (Å²) in [5, 5.41) is 0. The Labute approximate surface area is 390 Å². The largest absolute Gasteiger partial charge is 0.462 e. The van der Waals surface area contributed by atoms with Crippen molar-refractivity contribution in [1.82, 2.24) is 0 Å². The topological polar surface area (TPSA) is 78.9 Å². The Bertz CT molecular complexity index is 1150. The first-order valence-corrected chi connectivity index (χ1v) is 26.8. The minimum absolute atomic E-state index is 0.0824. The Morgan fingerprint density at radius 2 is 0.667 bits per heavy atom. The number of hydrogen-bond donors (Lipinski definition) is 0. The van der Waals surface area contributed by atoms with Crippen LogP contribution in [0.3, 0.4) is 0 Å². The van der Waals surface area contributed by atoms with E-state index in [1.165, 1.54) is 135 Å². The van der Waals surface area contributed by atoms with E-state index in [9.17, 15) is 14.4 Å². The number of carbonyl (C=O) groups is 3. The fraction of sp³-hybridized carbons (Fsp3) is 0.772. The predicted molar refractivity (Wildman–Crippen MR) is 270 cm³/mol. The third-order valence-corrected chi connectivity index (χ3v) is 11.5. The molecular formula is C57H100O6. The molecule has 0 saturated carbocycles. The minimum Gasteiger partial charge on any atom is -0.462 e. The number of rotatable bonds is 48. The average molecular weight is 881 g/mol. The molecule has 0 N–H and O–H groups in total. The third kappa shape index (κ3) is 50.0. The second kappa shape index (κ2) is 51.7. The standard InChI is InChI=1S/C57H100O6/c1-4-7-10-13-16-19-22-25-27-28-29-30-31-33-35-38-41-44-47-50-56(59)62-53-54(52-61-55(58)49-46-43-40-37-34-24-21-18-15-12-9-6-3)63-57(60)51-48-45-42-39-36-32-26-23-20-17-14-11-8-5-2/h8,11,16-17,19-20,22,25-26,32,54H,4-7,9-10,12-15,18,21,23-24,27-31,33-53H2,1-3H3/b11-8-,19-16-,20-17-,25-22-,32-26-. The van der Waals surface area contributed by atoms with Crippen molar-refractivity contribution in [3.8, 4) is 0 Å². The van der Waals surface area contributed by atoms with E-state index in [4.69, 9.17) is 14.2 Å². The molecule has 63 heavy (non-hydrogen) atoms. The van der Waals surface area contributed by atoms with Gasteiger partial charge in [-0.05, 0) is 77.0 Å². The van der Waals surface area contributed by atoms with Crippen LogP contribution in [0, 0.1) is 0 Å². The molecule has 0 radical (unpaired) electrons. The summed E-state index contributed by atoms with van der Waals surface area (Å²) in [6, 6.07) is 0. The molecule has 1 atom stereocenters. The van der Waals surface area contributed by atoms with Gasteiger partial charge < -0.3 is 14.2 Å². The van der Waals surface area contributed by atoms with Gasteiger partial charge in [-0.15, -0.1) is 0 Å². The highest BCUT2D eigenvalue weighted by molar-refractivity contribution is 5.71. The molecule has 0 aromatic heterocycles. The van der Waals surface area contributed by atoms with Crippen LogP contribution in [-0.4, -0.2) is 37.2 Å². The number of unbranched alkanes of at least 4 members (excludes halogenated alkanes) is 28. The molecule has 0 fully saturated rings. The van der Waals surface area contributed by atoms with Gasteiger partial charge in [0.2, 0.25) is 0 Å². The highest BCUT2D eigenvalue weighted by atomic mass is 16.6. The van der Waals surface area contributed by atoms with E-state index in [2.05, 4.69) is 81.5 Å². The van der Waals surface area contributed by atoms with Crippen LogP contribution in [0.15, 0.2) is 60.8 Å². The van der Waals surface area contributed by atoms with Gasteiger partial charge in [0.1, 0.15) is 13.2 Å². The van der Waals surface area contributed by atoms with E-state index in [0.717, 1.165) is 89.9 Å². The second-order valence-corrected chi connectivity index (χ2v) is 17.8. The van der Waals surface area contributed by atoms with Crippen molar-refractivity contribution in [3.05, 3.63) is 60.8 Å². The SMILES string of the molecule is CC/C=C\C/C=C\C/C=C\CCCCCCC(=O)OC(COC(=O)CCCCCCCCCCCC/C=C\C=C/CCCCC)COC(=O)CCCCCCCCCCCCCC. The number of esters is 3. The molecule has 0 aliphatic heterocycles. The van der Waals surface area contributed by atoms with Crippen molar-refractivity contribution < 1.29 is 28.6 Å². The molecule has 0 heterocycles. The van der Waals surface area contributed by atoms with Crippen molar-refractivity contribution in [2.75, 3.05) is 13.2 Å². The molecule has 6 nitrogen and oxygen atoms in total. The van der Waals surface area contributed by atoms with Crippen LogP contribution in [0.25, 0.3) is 0 Å². The number of ether oxygens (including phenoxy) is 3. The van der Waals surface area contributed by atoms with E-state index < -0.39 is 6.10 Å². The lowest BCUT2D eigenvalue weighted by molar-refractivity contribution is -0.167. The quantitative estimate of drug-likeness (QED) is 0.0199. The lowest BCUT2D eigenvalue weighted by Crippen LogP contribution is -2.30. The molecule has 0 saturated heterocycles. The van der Waals surface area contributed by atoms with Crippen LogP contribution in [-0.2, 0) is 28.6 Å². The van der Waals surface area contributed by atoms with Gasteiger partial charge in [-0.25, -0.2) is 0 Å². The first kappa shape index (κ1) is 60.1. The molecule has 0 rings (SSSR count). The number of hydrogen-bond acceptors (Lipinski definition) is 6. The second-order valence-electron chi connectivity index (χ2n) is 17.8. The number of allylic oxidation sites excluding steroid dienone is 10. The highest BCUT2D eigenvalue weighted by Crippen LogP contribution is 2.15. The summed E-state index contributed by atoms with van der Waals surface area (Å²) in [7, 11) is 0. The van der Waals surface area contributed by atoms with Gasteiger partial charge in [0.05, 0.1) is 0 Å². The van der Waals surface area contributed by atoms with Crippen LogP contribution in [0.2, 0.25) is 0 Å². The Kier molecular flexibility index (Phi) is 49.4. The van der Waals surface area contributed by atoms with Crippen LogP contribution in [0.5, 0.6) is 0 Å². The van der Waals surface area contributed by atoms with E-state index in [-0.39, 0.29) is 31.1 Å². The molecule has 0 aliphatic rings. The van der Waals surface area contributed by atoms with Crippen LogP contribution < -0.4 is 0 Å². The zero-order valence-corrected chi connectivity index (χ0v) is 41.6. The molecule has 0 bridgehead atoms. The molecule has 0 spiro atoms. The molecular weight excluding hydrogens is 781 g/mol. The first-order valence-electron chi connectivity index (χ1n) is 26.8. The zero-order chi connectivity index (χ0) is 45.8. The van der Waals surface area contributed by atoms with Gasteiger partial charge in [-0.1, -0.05) is 229 Å². The van der Waals surface area contributed by atoms with Crippen molar-refractivity contribution in [2.24, 2.45) is 0 Å². The first-order chi connectivity index (χ1) is 31.0. The van der Waals surface area contributed by atoms with E-state index in [0.29, 0.717) is 19.3 Å². The summed E-state index contributed by atoms with van der Waals surface area (Å²) in [4.78, 5) is 38.0. The van der Waals surface area contributed by atoms with Crippen molar-refractivity contribution >= 4 is 17.9 Å². The summed E-state index contributed by atoms with van der Waals surface area (Å²) >= 11 is 0. The highest BCUT2D eigenvalue weighted by Gasteiger charge is 2.19. The fourth-order valence-corrected chi connectivity index (χ4v) is 7.51. The van der Waals surface area contributed by atoms with Crippen LogP contribution in [0.1, 0.15) is 265 Å². The van der Waals surface area contributed by atoms with Gasteiger partial charge in [-0.3, -0.25) is 14.4 Å². The van der Waals surface area contributed by atoms with E-state index >= 15 is 0 Å². The average Bonchev–Trinajstić information content (AvgIpc) is 3.28. The summed E-state index contributed by atoms with van der Waals surface area (Å²) < 4.78 is 16.8. The molecule has 0 aliphatic carbocycles. The van der Waals surface area contributed by atoms with Gasteiger partial charge in [0.25, 0.3) is 0 Å². The lowest BCUT2D eigenvalue weighted by Gasteiger charge is -2.18. The summed E-state index contributed by atoms with van der Waals surface area (Å²) in [5.41, 5.74) is 0. The maximum absolute atomic E-state index is 12.8. The van der Waals surface area contributed by atoms with Crippen LogP contribution >= 0.6 is 0 Å². The minimum atomic E-state index is -0.784. The van der Waals surface area contributed by atoms with Crippen LogP contribution in [0.4, 0.5) is 0 Å². The summed E-state index contributed by atoms with van der Waals surface area (Å²) in [6.45, 7) is 6.49. The molecule has 0 aromatic carbocycles. The van der Waals surface area contributed by atoms with Gasteiger partial charge >= 0.3 is 17.9 Å². The number of carbonyl (C=O) groups excluding carboxylic acids is 3. The van der Waals surface area contributed by atoms with E-state index in [1.807, 2.05) is 0 Å².